The van der Waals surface area contributed by atoms with Gasteiger partial charge in [-0.25, -0.2) is 31.3 Å². The number of carbonyl (C=O) groups excluding carboxylic acids is 1. The van der Waals surface area contributed by atoms with E-state index in [1.165, 1.54) is 22.2 Å². The molecule has 0 saturated carbocycles. The van der Waals surface area contributed by atoms with Gasteiger partial charge in [0.05, 0.1) is 0 Å². The summed E-state index contributed by atoms with van der Waals surface area (Å²) in [7, 11) is -4.36. The van der Waals surface area contributed by atoms with Crippen LogP contribution in [0, 0.1) is 17.5 Å². The highest BCUT2D eigenvalue weighted by Crippen LogP contribution is 2.24. The van der Waals surface area contributed by atoms with Crippen LogP contribution in [0.25, 0.3) is 0 Å². The Morgan fingerprint density at radius 1 is 1.11 bits per heavy atom. The van der Waals surface area contributed by atoms with Crippen molar-refractivity contribution < 1.29 is 26.4 Å². The number of carbonyl (C=O) groups is 1. The molecular weight excluding hydrogens is 387 g/mol. The Labute approximate surface area is 153 Å². The maximum absolute atomic E-state index is 13.9. The van der Waals surface area contributed by atoms with Crippen LogP contribution in [0.1, 0.15) is 13.0 Å². The number of hydrogen-bond donors (Lipinski definition) is 0. The molecule has 1 fully saturated rings. The topological polar surface area (TPSA) is 88.4 Å². The molecule has 1 aliphatic heterocycles. The first-order valence-electron chi connectivity index (χ1n) is 8.00. The third-order valence-corrected chi connectivity index (χ3v) is 6.27. The van der Waals surface area contributed by atoms with E-state index in [1.54, 1.807) is 6.92 Å². The van der Waals surface area contributed by atoms with Crippen LogP contribution in [-0.4, -0.2) is 64.5 Å². The van der Waals surface area contributed by atoms with Crippen LogP contribution in [0.15, 0.2) is 29.7 Å². The van der Waals surface area contributed by atoms with Gasteiger partial charge in [0.2, 0.25) is 15.9 Å². The summed E-state index contributed by atoms with van der Waals surface area (Å²) >= 11 is 0. The smallest absolute Gasteiger partial charge is 0.247 e. The standard InChI is InChI=1S/C15H16F3N5O3S/c1-10(23-9-19-8-20-23)15(24)21-4-6-22(7-5-21)27(25,26)12-3-2-11(16)13(17)14(12)18/h2-3,8-10H,4-7H2,1H3. The van der Waals surface area contributed by atoms with Gasteiger partial charge in [0.25, 0.3) is 0 Å². The van der Waals surface area contributed by atoms with Crippen LogP contribution < -0.4 is 0 Å². The van der Waals surface area contributed by atoms with Crippen LogP contribution in [-0.2, 0) is 14.8 Å². The van der Waals surface area contributed by atoms with E-state index in [9.17, 15) is 26.4 Å². The van der Waals surface area contributed by atoms with Gasteiger partial charge in [-0.15, -0.1) is 0 Å². The molecule has 0 N–H and O–H groups in total. The van der Waals surface area contributed by atoms with Crippen LogP contribution >= 0.6 is 0 Å². The molecule has 0 bridgehead atoms. The first-order valence-corrected chi connectivity index (χ1v) is 9.44. The molecule has 0 aliphatic carbocycles. The average molecular weight is 403 g/mol. The number of piperazine rings is 1. The van der Waals surface area contributed by atoms with Crippen LogP contribution in [0.2, 0.25) is 0 Å². The highest BCUT2D eigenvalue weighted by atomic mass is 32.2. The molecule has 27 heavy (non-hydrogen) atoms. The molecule has 12 heteroatoms. The molecule has 1 aromatic heterocycles. The van der Waals surface area contributed by atoms with Gasteiger partial charge in [-0.05, 0) is 19.1 Å². The summed E-state index contributed by atoms with van der Waals surface area (Å²) in [5, 5.41) is 3.89. The Hall–Kier alpha value is -2.47. The predicted molar refractivity (Wildman–Crippen MR) is 86.4 cm³/mol. The van der Waals surface area contributed by atoms with E-state index in [-0.39, 0.29) is 32.1 Å². The van der Waals surface area contributed by atoms with E-state index >= 15 is 0 Å². The number of rotatable bonds is 4. The molecule has 1 unspecified atom stereocenters. The largest absolute Gasteiger partial charge is 0.338 e. The summed E-state index contributed by atoms with van der Waals surface area (Å²) < 4.78 is 67.7. The zero-order valence-corrected chi connectivity index (χ0v) is 15.0. The second-order valence-corrected chi connectivity index (χ2v) is 7.86. The third kappa shape index (κ3) is 3.54. The second-order valence-electron chi connectivity index (χ2n) is 5.95. The molecule has 0 radical (unpaired) electrons. The maximum atomic E-state index is 13.9. The molecular formula is C15H16F3N5O3S. The lowest BCUT2D eigenvalue weighted by molar-refractivity contribution is -0.135. The van der Waals surface area contributed by atoms with Gasteiger partial charge in [0, 0.05) is 26.2 Å². The molecule has 2 heterocycles. The van der Waals surface area contributed by atoms with Crippen molar-refractivity contribution in [3.05, 3.63) is 42.2 Å². The zero-order valence-electron chi connectivity index (χ0n) is 14.2. The lowest BCUT2D eigenvalue weighted by atomic mass is 10.2. The van der Waals surface area contributed by atoms with E-state index < -0.39 is 38.4 Å². The highest BCUT2D eigenvalue weighted by Gasteiger charge is 2.34. The Bertz CT molecular complexity index is 944. The van der Waals surface area contributed by atoms with Gasteiger partial charge in [-0.2, -0.15) is 9.40 Å². The van der Waals surface area contributed by atoms with Crippen LogP contribution in [0.5, 0.6) is 0 Å². The quantitative estimate of drug-likeness (QED) is 0.705. The number of benzene rings is 1. The van der Waals surface area contributed by atoms with Crippen molar-refractivity contribution in [2.24, 2.45) is 0 Å². The molecule has 0 spiro atoms. The van der Waals surface area contributed by atoms with Gasteiger partial charge in [-0.1, -0.05) is 0 Å². The molecule has 1 aromatic carbocycles. The van der Waals surface area contributed by atoms with Crippen molar-refractivity contribution in [2.75, 3.05) is 26.2 Å². The SMILES string of the molecule is CC(C(=O)N1CCN(S(=O)(=O)c2ccc(F)c(F)c2F)CC1)n1cncn1. The minimum Gasteiger partial charge on any atom is -0.338 e. The predicted octanol–water partition coefficient (Wildman–Crippen LogP) is 0.790. The second kappa shape index (κ2) is 7.27. The number of amides is 1. The Kier molecular flexibility index (Phi) is 5.20. The highest BCUT2D eigenvalue weighted by molar-refractivity contribution is 7.89. The van der Waals surface area contributed by atoms with Crippen molar-refractivity contribution in [3.8, 4) is 0 Å². The van der Waals surface area contributed by atoms with Crippen molar-refractivity contribution in [3.63, 3.8) is 0 Å². The molecule has 8 nitrogen and oxygen atoms in total. The lowest BCUT2D eigenvalue weighted by Crippen LogP contribution is -2.52. The third-order valence-electron chi connectivity index (χ3n) is 4.36. The summed E-state index contributed by atoms with van der Waals surface area (Å²) in [6.45, 7) is 1.58. The Morgan fingerprint density at radius 3 is 2.37 bits per heavy atom. The molecule has 1 saturated heterocycles. The first-order chi connectivity index (χ1) is 12.7. The van der Waals surface area contributed by atoms with Gasteiger partial charge in [0.15, 0.2) is 17.5 Å². The van der Waals surface area contributed by atoms with E-state index in [2.05, 4.69) is 10.1 Å². The number of halogens is 3. The molecule has 2 aromatic rings. The number of hydrogen-bond acceptors (Lipinski definition) is 5. The number of sulfonamides is 1. The molecule has 1 aliphatic rings. The summed E-state index contributed by atoms with van der Waals surface area (Å²) in [5.74, 6) is -5.33. The fourth-order valence-corrected chi connectivity index (χ4v) is 4.27. The van der Waals surface area contributed by atoms with Gasteiger partial charge in [-0.3, -0.25) is 4.79 Å². The van der Waals surface area contributed by atoms with Crippen molar-refractivity contribution in [2.45, 2.75) is 17.9 Å². The molecule has 3 rings (SSSR count). The van der Waals surface area contributed by atoms with Crippen molar-refractivity contribution >= 4 is 15.9 Å². The Morgan fingerprint density at radius 2 is 1.78 bits per heavy atom. The minimum atomic E-state index is -4.36. The summed E-state index contributed by atoms with van der Waals surface area (Å²) in [5.41, 5.74) is 0. The maximum Gasteiger partial charge on any atom is 0.247 e. The summed E-state index contributed by atoms with van der Waals surface area (Å²) in [6.07, 6.45) is 2.69. The first kappa shape index (κ1) is 19.3. The lowest BCUT2D eigenvalue weighted by Gasteiger charge is -2.35. The van der Waals surface area contributed by atoms with Crippen LogP contribution in [0.3, 0.4) is 0 Å². The Balaban J connectivity index is 1.72. The minimum absolute atomic E-state index is 0.0718. The monoisotopic (exact) mass is 403 g/mol. The van der Waals surface area contributed by atoms with Crippen LogP contribution in [0.4, 0.5) is 13.2 Å². The normalized spacial score (nSPS) is 17.1. The van der Waals surface area contributed by atoms with E-state index in [4.69, 9.17) is 0 Å². The zero-order chi connectivity index (χ0) is 19.8. The van der Waals surface area contributed by atoms with Crippen molar-refractivity contribution in [1.82, 2.24) is 24.0 Å². The van der Waals surface area contributed by atoms with E-state index in [0.29, 0.717) is 12.1 Å². The molecule has 146 valence electrons. The molecule has 1 atom stereocenters. The van der Waals surface area contributed by atoms with Crippen molar-refractivity contribution in [1.29, 1.82) is 0 Å². The molecule has 1 amide bonds. The van der Waals surface area contributed by atoms with Gasteiger partial charge < -0.3 is 4.90 Å². The van der Waals surface area contributed by atoms with E-state index in [0.717, 1.165) is 4.31 Å². The number of aromatic nitrogens is 3. The fraction of sp³-hybridized carbons (Fsp3) is 0.400. The van der Waals surface area contributed by atoms with E-state index in [1.807, 2.05) is 0 Å². The number of nitrogens with zero attached hydrogens (tertiary/aromatic N) is 5. The van der Waals surface area contributed by atoms with Gasteiger partial charge in [0.1, 0.15) is 23.6 Å². The summed E-state index contributed by atoms with van der Waals surface area (Å²) in [6, 6.07) is 0.637. The average Bonchev–Trinajstić information content (AvgIpc) is 3.19. The summed E-state index contributed by atoms with van der Waals surface area (Å²) in [4.78, 5) is 16.8. The van der Waals surface area contributed by atoms with Gasteiger partial charge >= 0.3 is 0 Å². The fourth-order valence-electron chi connectivity index (χ4n) is 2.79.